The molecule has 2 aromatic carbocycles. The molecule has 0 radical (unpaired) electrons. The first kappa shape index (κ1) is 17.4. The smallest absolute Gasteiger partial charge is 0.166 e. The summed E-state index contributed by atoms with van der Waals surface area (Å²) in [5.41, 5.74) is -0.215. The van der Waals surface area contributed by atoms with Gasteiger partial charge in [-0.3, -0.25) is 0 Å². The van der Waals surface area contributed by atoms with Crippen LogP contribution >= 0.6 is 0 Å². The fourth-order valence-corrected chi connectivity index (χ4v) is 2.47. The normalized spacial score (nSPS) is 12.7. The lowest BCUT2D eigenvalue weighted by Crippen LogP contribution is -2.07. The number of halogens is 6. The second kappa shape index (κ2) is 6.26. The number of hydrogen-bond acceptors (Lipinski definition) is 0. The quantitative estimate of drug-likeness (QED) is 0.581. The monoisotopic (exact) mass is 332 g/mol. The molecule has 2 rings (SSSR count). The molecular formula is C17H14F6. The van der Waals surface area contributed by atoms with E-state index in [0.717, 1.165) is 24.3 Å². The molecule has 0 spiro atoms. The highest BCUT2D eigenvalue weighted by molar-refractivity contribution is 5.36. The maximum absolute atomic E-state index is 12.6. The van der Waals surface area contributed by atoms with Crippen LogP contribution in [0.4, 0.5) is 26.3 Å². The topological polar surface area (TPSA) is 0 Å². The first-order chi connectivity index (χ1) is 10.6. The van der Waals surface area contributed by atoms with Gasteiger partial charge < -0.3 is 0 Å². The highest BCUT2D eigenvalue weighted by Crippen LogP contribution is 2.34. The van der Waals surface area contributed by atoms with Crippen molar-refractivity contribution in [2.75, 3.05) is 0 Å². The van der Waals surface area contributed by atoms with E-state index >= 15 is 0 Å². The largest absolute Gasteiger partial charge is 0.416 e. The lowest BCUT2D eigenvalue weighted by atomic mass is 9.88. The number of alkyl halides is 6. The Balaban J connectivity index is 2.29. The Morgan fingerprint density at radius 1 is 0.652 bits per heavy atom. The number of rotatable bonds is 3. The van der Waals surface area contributed by atoms with Crippen LogP contribution in [0.1, 0.15) is 41.5 Å². The molecule has 0 atom stereocenters. The van der Waals surface area contributed by atoms with Crippen molar-refractivity contribution in [1.82, 2.24) is 0 Å². The standard InChI is InChI=1S/C17H14F6/c1-2-15(11-3-7-13(8-4-11)16(18,19)20)12-5-9-14(10-6-12)17(21,22)23/h3-10,15H,2H2,1H3. The van der Waals surface area contributed by atoms with E-state index in [4.69, 9.17) is 0 Å². The summed E-state index contributed by atoms with van der Waals surface area (Å²) in [6, 6.07) is 9.43. The Morgan fingerprint density at radius 2 is 0.957 bits per heavy atom. The first-order valence-corrected chi connectivity index (χ1v) is 6.97. The molecular weight excluding hydrogens is 318 g/mol. The Hall–Kier alpha value is -1.98. The van der Waals surface area contributed by atoms with Crippen molar-refractivity contribution in [2.24, 2.45) is 0 Å². The third kappa shape index (κ3) is 4.06. The minimum atomic E-state index is -4.41. The van der Waals surface area contributed by atoms with Crippen LogP contribution in [0, 0.1) is 0 Å². The van der Waals surface area contributed by atoms with Crippen LogP contribution in [0.5, 0.6) is 0 Å². The van der Waals surface area contributed by atoms with Gasteiger partial charge in [-0.25, -0.2) is 0 Å². The highest BCUT2D eigenvalue weighted by Gasteiger charge is 2.31. The van der Waals surface area contributed by atoms with E-state index < -0.39 is 23.5 Å². The van der Waals surface area contributed by atoms with Crippen LogP contribution in [-0.4, -0.2) is 0 Å². The maximum Gasteiger partial charge on any atom is 0.416 e. The molecule has 23 heavy (non-hydrogen) atoms. The van der Waals surface area contributed by atoms with Gasteiger partial charge >= 0.3 is 12.4 Å². The minimum Gasteiger partial charge on any atom is -0.166 e. The number of benzene rings is 2. The second-order valence-corrected chi connectivity index (χ2v) is 5.20. The van der Waals surface area contributed by atoms with Gasteiger partial charge in [-0.1, -0.05) is 31.2 Å². The molecule has 0 unspecified atom stereocenters. The molecule has 0 bridgehead atoms. The van der Waals surface area contributed by atoms with Crippen LogP contribution in [-0.2, 0) is 12.4 Å². The van der Waals surface area contributed by atoms with Crippen LogP contribution in [0.3, 0.4) is 0 Å². The van der Waals surface area contributed by atoms with Gasteiger partial charge in [-0.05, 0) is 41.8 Å². The fraction of sp³-hybridized carbons (Fsp3) is 0.294. The summed E-state index contributed by atoms with van der Waals surface area (Å²) in [4.78, 5) is 0. The van der Waals surface area contributed by atoms with E-state index in [0.29, 0.717) is 17.5 Å². The van der Waals surface area contributed by atoms with Gasteiger partial charge in [-0.15, -0.1) is 0 Å². The molecule has 0 amide bonds. The van der Waals surface area contributed by atoms with Crippen molar-refractivity contribution < 1.29 is 26.3 Å². The van der Waals surface area contributed by atoms with Gasteiger partial charge in [0.1, 0.15) is 0 Å². The van der Waals surface area contributed by atoms with E-state index in [1.165, 1.54) is 24.3 Å². The molecule has 0 fully saturated rings. The van der Waals surface area contributed by atoms with Crippen LogP contribution in [0.15, 0.2) is 48.5 Å². The van der Waals surface area contributed by atoms with Crippen LogP contribution in [0.2, 0.25) is 0 Å². The minimum absolute atomic E-state index is 0.250. The fourth-order valence-electron chi connectivity index (χ4n) is 2.47. The number of hydrogen-bond donors (Lipinski definition) is 0. The first-order valence-electron chi connectivity index (χ1n) is 6.97. The zero-order valence-electron chi connectivity index (χ0n) is 12.2. The molecule has 0 saturated heterocycles. The van der Waals surface area contributed by atoms with Crippen molar-refractivity contribution in [3.8, 4) is 0 Å². The zero-order valence-corrected chi connectivity index (χ0v) is 12.2. The molecule has 124 valence electrons. The average molecular weight is 332 g/mol. The Kier molecular flexibility index (Phi) is 4.73. The SMILES string of the molecule is CCC(c1ccc(C(F)(F)F)cc1)c1ccc(C(F)(F)F)cc1. The summed E-state index contributed by atoms with van der Waals surface area (Å²) in [5, 5.41) is 0. The summed E-state index contributed by atoms with van der Waals surface area (Å²) >= 11 is 0. The van der Waals surface area contributed by atoms with E-state index in [1.54, 1.807) is 0 Å². The molecule has 0 saturated carbocycles. The average Bonchev–Trinajstić information content (AvgIpc) is 2.47. The maximum atomic E-state index is 12.6. The summed E-state index contributed by atoms with van der Waals surface area (Å²) in [5.74, 6) is -0.250. The Bertz CT molecular complexity index is 577. The summed E-state index contributed by atoms with van der Waals surface area (Å²) in [7, 11) is 0. The molecule has 6 heteroatoms. The molecule has 0 aliphatic heterocycles. The van der Waals surface area contributed by atoms with E-state index in [2.05, 4.69) is 0 Å². The molecule has 0 N–H and O–H groups in total. The molecule has 0 aromatic heterocycles. The summed E-state index contributed by atoms with van der Waals surface area (Å²) < 4.78 is 75.5. The lowest BCUT2D eigenvalue weighted by Gasteiger charge is -2.18. The third-order valence-corrected chi connectivity index (χ3v) is 3.69. The highest BCUT2D eigenvalue weighted by atomic mass is 19.4. The summed E-state index contributed by atoms with van der Waals surface area (Å²) in [6.07, 6.45) is -8.25. The van der Waals surface area contributed by atoms with Crippen molar-refractivity contribution in [2.45, 2.75) is 31.6 Å². The van der Waals surface area contributed by atoms with Gasteiger partial charge in [-0.2, -0.15) is 26.3 Å². The van der Waals surface area contributed by atoms with Gasteiger partial charge in [0.05, 0.1) is 11.1 Å². The molecule has 0 aliphatic rings. The molecule has 2 aromatic rings. The van der Waals surface area contributed by atoms with E-state index in [9.17, 15) is 26.3 Å². The van der Waals surface area contributed by atoms with Crippen LogP contribution < -0.4 is 0 Å². The van der Waals surface area contributed by atoms with Crippen molar-refractivity contribution in [1.29, 1.82) is 0 Å². The zero-order chi connectivity index (χ0) is 17.3. The van der Waals surface area contributed by atoms with Crippen LogP contribution in [0.25, 0.3) is 0 Å². The Labute approximate surface area is 129 Å². The van der Waals surface area contributed by atoms with E-state index in [-0.39, 0.29) is 5.92 Å². The predicted octanol–water partition coefficient (Wildman–Crippen LogP) is 6.27. The molecule has 0 nitrogen and oxygen atoms in total. The lowest BCUT2D eigenvalue weighted by molar-refractivity contribution is -0.138. The van der Waals surface area contributed by atoms with Gasteiger partial charge in [0.2, 0.25) is 0 Å². The molecule has 0 aliphatic carbocycles. The predicted molar refractivity (Wildman–Crippen MR) is 75.0 cm³/mol. The van der Waals surface area contributed by atoms with E-state index in [1.807, 2.05) is 6.92 Å². The third-order valence-electron chi connectivity index (χ3n) is 3.69. The van der Waals surface area contributed by atoms with Gasteiger partial charge in [0.25, 0.3) is 0 Å². The second-order valence-electron chi connectivity index (χ2n) is 5.20. The van der Waals surface area contributed by atoms with Crippen molar-refractivity contribution in [3.63, 3.8) is 0 Å². The molecule has 0 heterocycles. The van der Waals surface area contributed by atoms with Crippen molar-refractivity contribution >= 4 is 0 Å². The van der Waals surface area contributed by atoms with Crippen molar-refractivity contribution in [3.05, 3.63) is 70.8 Å². The summed E-state index contributed by atoms with van der Waals surface area (Å²) in [6.45, 7) is 1.83. The Morgan fingerprint density at radius 3 is 1.17 bits per heavy atom. The van der Waals surface area contributed by atoms with Gasteiger partial charge in [0.15, 0.2) is 0 Å². The van der Waals surface area contributed by atoms with Gasteiger partial charge in [0, 0.05) is 5.92 Å².